The molecule has 4 aromatic rings. The summed E-state index contributed by atoms with van der Waals surface area (Å²) < 4.78 is 0. The summed E-state index contributed by atoms with van der Waals surface area (Å²) in [6, 6.07) is 27.5. The van der Waals surface area contributed by atoms with E-state index in [1.54, 1.807) is 0 Å². The number of carbonyl (C=O) groups excluding carboxylic acids is 1. The van der Waals surface area contributed by atoms with Crippen molar-refractivity contribution in [1.82, 2.24) is 4.98 Å². The highest BCUT2D eigenvalue weighted by molar-refractivity contribution is 6.08. The summed E-state index contributed by atoms with van der Waals surface area (Å²) in [4.78, 5) is 17.4. The second kappa shape index (κ2) is 6.81. The minimum Gasteiger partial charge on any atom is -0.320 e. The normalized spacial score (nSPS) is 10.7. The Morgan fingerprint density at radius 2 is 1.58 bits per heavy atom. The Morgan fingerprint density at radius 1 is 0.808 bits per heavy atom. The first-order chi connectivity index (χ1) is 12.7. The van der Waals surface area contributed by atoms with Crippen molar-refractivity contribution >= 4 is 22.5 Å². The number of nitrogens with one attached hydrogen (secondary N) is 1. The van der Waals surface area contributed by atoms with Gasteiger partial charge >= 0.3 is 0 Å². The Hall–Kier alpha value is -3.46. The molecule has 0 aliphatic rings. The number of hydrogen-bond acceptors (Lipinski definition) is 2. The molecule has 1 aromatic heterocycles. The lowest BCUT2D eigenvalue weighted by Gasteiger charge is -2.10. The highest BCUT2D eigenvalue weighted by Gasteiger charge is 2.10. The number of pyridine rings is 1. The fraction of sp³-hybridized carbons (Fsp3) is 0.0435. The van der Waals surface area contributed by atoms with E-state index in [1.165, 1.54) is 0 Å². The highest BCUT2D eigenvalue weighted by Crippen LogP contribution is 2.24. The number of rotatable bonds is 3. The van der Waals surface area contributed by atoms with Gasteiger partial charge in [-0.25, -0.2) is 0 Å². The van der Waals surface area contributed by atoms with Gasteiger partial charge in [-0.15, -0.1) is 0 Å². The number of para-hydroxylation sites is 1. The van der Waals surface area contributed by atoms with Crippen molar-refractivity contribution in [2.75, 3.05) is 5.32 Å². The Morgan fingerprint density at radius 3 is 2.42 bits per heavy atom. The van der Waals surface area contributed by atoms with Crippen molar-refractivity contribution in [2.24, 2.45) is 0 Å². The van der Waals surface area contributed by atoms with E-state index in [4.69, 9.17) is 0 Å². The molecule has 126 valence electrons. The van der Waals surface area contributed by atoms with E-state index in [9.17, 15) is 4.79 Å². The second-order valence-electron chi connectivity index (χ2n) is 6.23. The minimum absolute atomic E-state index is 0.140. The van der Waals surface area contributed by atoms with Crippen molar-refractivity contribution in [3.8, 4) is 11.1 Å². The molecule has 0 atom stereocenters. The molecule has 1 heterocycles. The molecule has 0 aliphatic carbocycles. The van der Waals surface area contributed by atoms with E-state index in [2.05, 4.69) is 10.3 Å². The topological polar surface area (TPSA) is 42.0 Å². The van der Waals surface area contributed by atoms with Gasteiger partial charge in [0, 0.05) is 16.6 Å². The molecule has 26 heavy (non-hydrogen) atoms. The van der Waals surface area contributed by atoms with E-state index in [-0.39, 0.29) is 5.91 Å². The molecule has 3 heteroatoms. The van der Waals surface area contributed by atoms with Gasteiger partial charge < -0.3 is 5.32 Å². The molecule has 4 rings (SSSR count). The fourth-order valence-corrected chi connectivity index (χ4v) is 3.01. The van der Waals surface area contributed by atoms with E-state index < -0.39 is 0 Å². The smallest absolute Gasteiger partial charge is 0.255 e. The maximum atomic E-state index is 12.8. The first-order valence-electron chi connectivity index (χ1n) is 8.54. The van der Waals surface area contributed by atoms with Crippen molar-refractivity contribution in [3.63, 3.8) is 0 Å². The standard InChI is InChI=1S/C23H18N2O/c1-16-13-14-18-9-6-12-21(22(18)24-16)25-23(26)20-11-5-10-19(15-20)17-7-3-2-4-8-17/h2-15H,1H3,(H,25,26). The van der Waals surface area contributed by atoms with Crippen LogP contribution in [0, 0.1) is 6.92 Å². The third kappa shape index (κ3) is 3.20. The van der Waals surface area contributed by atoms with Gasteiger partial charge in [0.05, 0.1) is 11.2 Å². The number of aromatic nitrogens is 1. The number of benzene rings is 3. The van der Waals surface area contributed by atoms with Gasteiger partial charge in [-0.3, -0.25) is 9.78 Å². The van der Waals surface area contributed by atoms with Crippen molar-refractivity contribution in [2.45, 2.75) is 6.92 Å². The number of anilines is 1. The number of nitrogens with zero attached hydrogens (tertiary/aromatic N) is 1. The highest BCUT2D eigenvalue weighted by atomic mass is 16.1. The molecular weight excluding hydrogens is 320 g/mol. The maximum Gasteiger partial charge on any atom is 0.255 e. The Labute approximate surface area is 152 Å². The van der Waals surface area contributed by atoms with Gasteiger partial charge in [0.15, 0.2) is 0 Å². The SMILES string of the molecule is Cc1ccc2cccc(NC(=O)c3cccc(-c4ccccc4)c3)c2n1. The molecule has 1 N–H and O–H groups in total. The van der Waals surface area contributed by atoms with Crippen molar-refractivity contribution in [3.05, 3.63) is 96.2 Å². The van der Waals surface area contributed by atoms with Crippen LogP contribution in [0.1, 0.15) is 16.1 Å². The van der Waals surface area contributed by atoms with Crippen LogP contribution in [0.4, 0.5) is 5.69 Å². The van der Waals surface area contributed by atoms with Crippen LogP contribution >= 0.6 is 0 Å². The molecule has 0 unspecified atom stereocenters. The van der Waals surface area contributed by atoms with E-state index in [1.807, 2.05) is 91.9 Å². The van der Waals surface area contributed by atoms with E-state index >= 15 is 0 Å². The van der Waals surface area contributed by atoms with Crippen molar-refractivity contribution in [1.29, 1.82) is 0 Å². The average Bonchev–Trinajstić information content (AvgIpc) is 2.69. The zero-order valence-corrected chi connectivity index (χ0v) is 14.4. The number of carbonyl (C=O) groups is 1. The van der Waals surface area contributed by atoms with Crippen LogP contribution in [0.3, 0.4) is 0 Å². The minimum atomic E-state index is -0.140. The lowest BCUT2D eigenvalue weighted by atomic mass is 10.0. The summed E-state index contributed by atoms with van der Waals surface area (Å²) in [5, 5.41) is 4.01. The number of hydrogen-bond donors (Lipinski definition) is 1. The molecule has 1 amide bonds. The monoisotopic (exact) mass is 338 g/mol. The predicted octanol–water partition coefficient (Wildman–Crippen LogP) is 5.46. The summed E-state index contributed by atoms with van der Waals surface area (Å²) >= 11 is 0. The van der Waals surface area contributed by atoms with Crippen LogP contribution in [-0.2, 0) is 0 Å². The van der Waals surface area contributed by atoms with Crippen molar-refractivity contribution < 1.29 is 4.79 Å². The maximum absolute atomic E-state index is 12.8. The Balaban J connectivity index is 1.66. The lowest BCUT2D eigenvalue weighted by Crippen LogP contribution is -2.12. The molecule has 0 fully saturated rings. The largest absolute Gasteiger partial charge is 0.320 e. The predicted molar refractivity (Wildman–Crippen MR) is 106 cm³/mol. The van der Waals surface area contributed by atoms with Gasteiger partial charge in [0.2, 0.25) is 0 Å². The quantitative estimate of drug-likeness (QED) is 0.539. The summed E-state index contributed by atoms with van der Waals surface area (Å²) in [7, 11) is 0. The number of fused-ring (bicyclic) bond motifs is 1. The Kier molecular flexibility index (Phi) is 4.20. The average molecular weight is 338 g/mol. The summed E-state index contributed by atoms with van der Waals surface area (Å²) in [6.45, 7) is 1.95. The number of amides is 1. The van der Waals surface area contributed by atoms with Crippen LogP contribution in [0.15, 0.2) is 84.9 Å². The van der Waals surface area contributed by atoms with Crippen LogP contribution in [-0.4, -0.2) is 10.9 Å². The third-order valence-corrected chi connectivity index (χ3v) is 4.34. The summed E-state index contributed by atoms with van der Waals surface area (Å²) in [5.41, 5.74) is 5.18. The zero-order chi connectivity index (χ0) is 17.9. The van der Waals surface area contributed by atoms with Gasteiger partial charge in [0.25, 0.3) is 5.91 Å². The third-order valence-electron chi connectivity index (χ3n) is 4.34. The van der Waals surface area contributed by atoms with E-state index in [0.717, 1.165) is 33.4 Å². The molecule has 0 radical (unpaired) electrons. The summed E-state index contributed by atoms with van der Waals surface area (Å²) in [6.07, 6.45) is 0. The lowest BCUT2D eigenvalue weighted by molar-refractivity contribution is 0.102. The van der Waals surface area contributed by atoms with Gasteiger partial charge in [-0.05, 0) is 42.3 Å². The van der Waals surface area contributed by atoms with Gasteiger partial charge in [-0.1, -0.05) is 60.7 Å². The molecule has 0 saturated carbocycles. The fourth-order valence-electron chi connectivity index (χ4n) is 3.01. The molecule has 3 aromatic carbocycles. The molecule has 0 bridgehead atoms. The van der Waals surface area contributed by atoms with Crippen LogP contribution in [0.2, 0.25) is 0 Å². The van der Waals surface area contributed by atoms with Crippen LogP contribution in [0.25, 0.3) is 22.0 Å². The molecule has 0 spiro atoms. The van der Waals surface area contributed by atoms with Crippen LogP contribution in [0.5, 0.6) is 0 Å². The Bertz CT molecular complexity index is 1090. The second-order valence-corrected chi connectivity index (χ2v) is 6.23. The number of aryl methyl sites for hydroxylation is 1. The molecular formula is C23H18N2O. The van der Waals surface area contributed by atoms with Gasteiger partial charge in [-0.2, -0.15) is 0 Å². The first-order valence-corrected chi connectivity index (χ1v) is 8.54. The van der Waals surface area contributed by atoms with Gasteiger partial charge in [0.1, 0.15) is 0 Å². The van der Waals surface area contributed by atoms with Crippen LogP contribution < -0.4 is 5.32 Å². The molecule has 3 nitrogen and oxygen atoms in total. The molecule has 0 aliphatic heterocycles. The zero-order valence-electron chi connectivity index (χ0n) is 14.4. The summed E-state index contributed by atoms with van der Waals surface area (Å²) in [5.74, 6) is -0.140. The van der Waals surface area contributed by atoms with E-state index in [0.29, 0.717) is 5.56 Å². The first kappa shape index (κ1) is 16.0. The molecule has 0 saturated heterocycles.